The summed E-state index contributed by atoms with van der Waals surface area (Å²) in [5.41, 5.74) is 5.86. The highest BCUT2D eigenvalue weighted by atomic mass is 32.2. The Morgan fingerprint density at radius 1 is 0.931 bits per heavy atom. The number of carboxylic acids is 1. The van der Waals surface area contributed by atoms with E-state index >= 15 is 0 Å². The minimum absolute atomic E-state index is 0.0849. The van der Waals surface area contributed by atoms with Crippen molar-refractivity contribution in [3.05, 3.63) is 0 Å². The van der Waals surface area contributed by atoms with Gasteiger partial charge < -0.3 is 26.8 Å². The summed E-state index contributed by atoms with van der Waals surface area (Å²) in [5.74, 6) is -2.71. The van der Waals surface area contributed by atoms with Crippen molar-refractivity contribution in [2.45, 2.75) is 58.3 Å². The highest BCUT2D eigenvalue weighted by Gasteiger charge is 2.32. The van der Waals surface area contributed by atoms with E-state index in [1.165, 1.54) is 0 Å². The van der Waals surface area contributed by atoms with Crippen molar-refractivity contribution in [2.75, 3.05) is 17.8 Å². The number of carboxylic acid groups (broad SMARTS) is 1. The zero-order chi connectivity index (χ0) is 22.7. The summed E-state index contributed by atoms with van der Waals surface area (Å²) in [6.45, 7) is 6.98. The fourth-order valence-electron chi connectivity index (χ4n) is 2.40. The van der Waals surface area contributed by atoms with Crippen LogP contribution >= 0.6 is 24.4 Å². The molecule has 6 N–H and O–H groups in total. The standard InChI is InChI=1S/C18H34N4O5S2/c1-9(2)13(16(24)20-12(8-28)18(26)27)22-17(25)14(10(3)4)21-15(23)11(19)6-7-29-5/h9-14,28H,6-8,19H2,1-5H3,(H,20,24)(H,21,23)(H,22,25)(H,26,27). The fourth-order valence-corrected chi connectivity index (χ4v) is 3.13. The third-order valence-corrected chi connectivity index (χ3v) is 5.27. The summed E-state index contributed by atoms with van der Waals surface area (Å²) >= 11 is 5.49. The number of hydrogen-bond acceptors (Lipinski definition) is 7. The van der Waals surface area contributed by atoms with E-state index in [-0.39, 0.29) is 17.6 Å². The van der Waals surface area contributed by atoms with Gasteiger partial charge in [0.25, 0.3) is 0 Å². The maximum absolute atomic E-state index is 12.8. The number of rotatable bonds is 13. The van der Waals surface area contributed by atoms with Crippen LogP contribution in [0.3, 0.4) is 0 Å². The van der Waals surface area contributed by atoms with Crippen molar-refractivity contribution in [3.63, 3.8) is 0 Å². The van der Waals surface area contributed by atoms with Crippen LogP contribution in [0.4, 0.5) is 0 Å². The van der Waals surface area contributed by atoms with Crippen molar-refractivity contribution in [1.29, 1.82) is 0 Å². The second-order valence-electron chi connectivity index (χ2n) is 7.43. The van der Waals surface area contributed by atoms with Gasteiger partial charge in [0.1, 0.15) is 18.1 Å². The molecule has 0 saturated carbocycles. The molecule has 0 rings (SSSR count). The monoisotopic (exact) mass is 450 g/mol. The Kier molecular flexibility index (Phi) is 13.0. The quantitative estimate of drug-likeness (QED) is 0.214. The Bertz CT molecular complexity index is 574. The SMILES string of the molecule is CSCCC(N)C(=O)NC(C(=O)NC(C(=O)NC(CS)C(=O)O)C(C)C)C(C)C. The third-order valence-electron chi connectivity index (χ3n) is 4.26. The summed E-state index contributed by atoms with van der Waals surface area (Å²) < 4.78 is 0. The van der Waals surface area contributed by atoms with E-state index in [2.05, 4.69) is 28.6 Å². The minimum Gasteiger partial charge on any atom is -0.480 e. The average Bonchev–Trinajstić information content (AvgIpc) is 2.64. The Hall–Kier alpha value is -1.46. The molecular weight excluding hydrogens is 416 g/mol. The largest absolute Gasteiger partial charge is 0.480 e. The highest BCUT2D eigenvalue weighted by molar-refractivity contribution is 7.98. The van der Waals surface area contributed by atoms with Gasteiger partial charge in [-0.25, -0.2) is 4.79 Å². The molecule has 9 nitrogen and oxygen atoms in total. The molecule has 0 aromatic rings. The Balaban J connectivity index is 5.21. The van der Waals surface area contributed by atoms with Crippen LogP contribution in [-0.4, -0.2) is 70.7 Å². The lowest BCUT2D eigenvalue weighted by molar-refractivity contribution is -0.142. The van der Waals surface area contributed by atoms with E-state index in [1.807, 2.05) is 6.26 Å². The predicted molar refractivity (Wildman–Crippen MR) is 118 cm³/mol. The fraction of sp³-hybridized carbons (Fsp3) is 0.778. The van der Waals surface area contributed by atoms with E-state index in [0.29, 0.717) is 6.42 Å². The molecule has 0 aliphatic heterocycles. The molecule has 3 amide bonds. The first-order valence-electron chi connectivity index (χ1n) is 9.45. The predicted octanol–water partition coefficient (Wildman–Crippen LogP) is -0.152. The molecule has 0 aromatic carbocycles. The topological polar surface area (TPSA) is 151 Å². The second-order valence-corrected chi connectivity index (χ2v) is 8.78. The molecule has 0 bridgehead atoms. The van der Waals surface area contributed by atoms with E-state index in [9.17, 15) is 19.2 Å². The van der Waals surface area contributed by atoms with E-state index in [4.69, 9.17) is 10.8 Å². The number of carbonyl (C=O) groups is 4. The van der Waals surface area contributed by atoms with Gasteiger partial charge in [0, 0.05) is 5.75 Å². The normalized spacial score (nSPS) is 15.3. The van der Waals surface area contributed by atoms with Gasteiger partial charge in [0.2, 0.25) is 17.7 Å². The lowest BCUT2D eigenvalue weighted by Gasteiger charge is -2.28. The molecule has 0 radical (unpaired) electrons. The van der Waals surface area contributed by atoms with Crippen LogP contribution in [0, 0.1) is 11.8 Å². The van der Waals surface area contributed by atoms with E-state index < -0.39 is 47.9 Å². The molecule has 0 aliphatic rings. The second kappa shape index (κ2) is 13.7. The molecule has 4 unspecified atom stereocenters. The third kappa shape index (κ3) is 9.72. The Labute approximate surface area is 182 Å². The highest BCUT2D eigenvalue weighted by Crippen LogP contribution is 2.08. The van der Waals surface area contributed by atoms with Crippen LogP contribution in [0.15, 0.2) is 0 Å². The number of hydrogen-bond donors (Lipinski definition) is 6. The summed E-state index contributed by atoms with van der Waals surface area (Å²) in [6, 6.07) is -3.74. The molecule has 4 atom stereocenters. The van der Waals surface area contributed by atoms with E-state index in [1.54, 1.807) is 39.5 Å². The van der Waals surface area contributed by atoms with Gasteiger partial charge >= 0.3 is 5.97 Å². The van der Waals surface area contributed by atoms with Gasteiger partial charge in [-0.05, 0) is 30.3 Å². The molecule has 0 saturated heterocycles. The Morgan fingerprint density at radius 2 is 1.38 bits per heavy atom. The number of aliphatic carboxylic acids is 1. The van der Waals surface area contributed by atoms with Crippen LogP contribution < -0.4 is 21.7 Å². The molecule has 0 spiro atoms. The molecule has 29 heavy (non-hydrogen) atoms. The molecule has 0 fully saturated rings. The summed E-state index contributed by atoms with van der Waals surface area (Å²) in [7, 11) is 0. The Morgan fingerprint density at radius 3 is 1.76 bits per heavy atom. The van der Waals surface area contributed by atoms with Gasteiger partial charge in [-0.1, -0.05) is 27.7 Å². The van der Waals surface area contributed by atoms with Crippen molar-refractivity contribution in [3.8, 4) is 0 Å². The molecule has 11 heteroatoms. The maximum Gasteiger partial charge on any atom is 0.327 e. The van der Waals surface area contributed by atoms with E-state index in [0.717, 1.165) is 5.75 Å². The maximum atomic E-state index is 12.8. The number of thiol groups is 1. The first kappa shape index (κ1) is 27.5. The lowest BCUT2D eigenvalue weighted by atomic mass is 9.99. The first-order valence-corrected chi connectivity index (χ1v) is 11.5. The number of nitrogens with one attached hydrogen (secondary N) is 3. The van der Waals surface area contributed by atoms with Crippen molar-refractivity contribution < 1.29 is 24.3 Å². The van der Waals surface area contributed by atoms with Crippen LogP contribution in [0.25, 0.3) is 0 Å². The minimum atomic E-state index is -1.21. The van der Waals surface area contributed by atoms with Gasteiger partial charge in [-0.3, -0.25) is 14.4 Å². The van der Waals surface area contributed by atoms with Crippen molar-refractivity contribution >= 4 is 48.1 Å². The molecule has 0 heterocycles. The van der Waals surface area contributed by atoms with Gasteiger partial charge in [0.05, 0.1) is 6.04 Å². The smallest absolute Gasteiger partial charge is 0.327 e. The first-order chi connectivity index (χ1) is 13.5. The number of nitrogens with two attached hydrogens (primary N) is 1. The average molecular weight is 451 g/mol. The van der Waals surface area contributed by atoms with Crippen LogP contribution in [0.5, 0.6) is 0 Å². The number of carbonyl (C=O) groups excluding carboxylic acids is 3. The van der Waals surface area contributed by atoms with Crippen LogP contribution in [0.2, 0.25) is 0 Å². The van der Waals surface area contributed by atoms with Crippen LogP contribution in [-0.2, 0) is 19.2 Å². The zero-order valence-corrected chi connectivity index (χ0v) is 19.3. The summed E-state index contributed by atoms with van der Waals surface area (Å²) in [4.78, 5) is 48.7. The van der Waals surface area contributed by atoms with Crippen molar-refractivity contribution in [2.24, 2.45) is 17.6 Å². The number of thioether (sulfide) groups is 1. The lowest BCUT2D eigenvalue weighted by Crippen LogP contribution is -2.59. The van der Waals surface area contributed by atoms with Gasteiger partial charge in [0.15, 0.2) is 0 Å². The number of amides is 3. The van der Waals surface area contributed by atoms with Crippen LogP contribution in [0.1, 0.15) is 34.1 Å². The van der Waals surface area contributed by atoms with Gasteiger partial charge in [-0.15, -0.1) is 0 Å². The van der Waals surface area contributed by atoms with Crippen molar-refractivity contribution in [1.82, 2.24) is 16.0 Å². The molecule has 0 aromatic heterocycles. The summed E-state index contributed by atoms with van der Waals surface area (Å²) in [5, 5.41) is 16.7. The van der Waals surface area contributed by atoms with Gasteiger partial charge in [-0.2, -0.15) is 24.4 Å². The molecule has 168 valence electrons. The molecule has 0 aliphatic carbocycles. The summed E-state index contributed by atoms with van der Waals surface area (Å²) in [6.07, 6.45) is 2.39. The zero-order valence-electron chi connectivity index (χ0n) is 17.6. The molecular formula is C18H34N4O5S2.